The highest BCUT2D eigenvalue weighted by Gasteiger charge is 2.35. The molecule has 1 aliphatic heterocycles. The molecule has 1 fully saturated rings. The number of hydrogen-bond donors (Lipinski definition) is 6. The molecule has 0 bridgehead atoms. The number of carboxylic acids is 1. The zero-order valence-electron chi connectivity index (χ0n) is 13.0. The van der Waals surface area contributed by atoms with Crippen molar-refractivity contribution in [3.05, 3.63) is 0 Å². The first-order valence-corrected chi connectivity index (χ1v) is 8.03. The van der Waals surface area contributed by atoms with E-state index >= 15 is 0 Å². The predicted molar refractivity (Wildman–Crippen MR) is 86.2 cm³/mol. The number of aliphatic carboxylic acids is 1. The molecule has 1 aliphatic rings. The van der Waals surface area contributed by atoms with Gasteiger partial charge < -0.3 is 31.5 Å². The van der Waals surface area contributed by atoms with E-state index in [1.165, 1.54) is 4.90 Å². The molecule has 0 aliphatic carbocycles. The summed E-state index contributed by atoms with van der Waals surface area (Å²) >= 11 is 3.81. The molecule has 1 heterocycles. The smallest absolute Gasteiger partial charge is 0.327 e. The summed E-state index contributed by atoms with van der Waals surface area (Å²) in [6.45, 7) is -0.547. The Hall–Kier alpha value is -1.85. The Morgan fingerprint density at radius 2 is 1.92 bits per heavy atom. The van der Waals surface area contributed by atoms with Gasteiger partial charge in [0.15, 0.2) is 0 Å². The van der Waals surface area contributed by atoms with Crippen LogP contribution in [0.2, 0.25) is 0 Å². The molecule has 0 spiro atoms. The number of carbonyl (C=O) groups is 4. The van der Waals surface area contributed by atoms with Crippen molar-refractivity contribution in [1.29, 1.82) is 0 Å². The topological polar surface area (TPSA) is 162 Å². The fourth-order valence-electron chi connectivity index (χ4n) is 2.37. The molecule has 1 saturated heterocycles. The summed E-state index contributed by atoms with van der Waals surface area (Å²) in [6, 6.07) is -3.33. The molecule has 6 N–H and O–H groups in total. The Labute approximate surface area is 144 Å². The molecule has 0 aromatic rings. The number of nitrogens with zero attached hydrogens (tertiary/aromatic N) is 1. The Morgan fingerprint density at radius 3 is 2.42 bits per heavy atom. The van der Waals surface area contributed by atoms with Crippen molar-refractivity contribution >= 4 is 36.3 Å². The minimum Gasteiger partial charge on any atom is -0.480 e. The Balaban J connectivity index is 2.70. The van der Waals surface area contributed by atoms with Gasteiger partial charge in [-0.3, -0.25) is 14.4 Å². The quantitative estimate of drug-likeness (QED) is 0.249. The van der Waals surface area contributed by atoms with Gasteiger partial charge in [-0.15, -0.1) is 0 Å². The van der Waals surface area contributed by atoms with E-state index in [0.717, 1.165) is 0 Å². The van der Waals surface area contributed by atoms with Crippen LogP contribution in [-0.4, -0.2) is 82.4 Å². The van der Waals surface area contributed by atoms with Gasteiger partial charge in [0.2, 0.25) is 17.7 Å². The molecule has 136 valence electrons. The summed E-state index contributed by atoms with van der Waals surface area (Å²) in [5.74, 6) is -3.24. The van der Waals surface area contributed by atoms with Gasteiger partial charge in [-0.25, -0.2) is 4.79 Å². The lowest BCUT2D eigenvalue weighted by atomic mass is 10.1. The summed E-state index contributed by atoms with van der Waals surface area (Å²) < 4.78 is 0. The zero-order valence-corrected chi connectivity index (χ0v) is 13.9. The maximum atomic E-state index is 12.3. The van der Waals surface area contributed by atoms with Crippen molar-refractivity contribution in [3.8, 4) is 0 Å². The van der Waals surface area contributed by atoms with Crippen molar-refractivity contribution < 1.29 is 29.4 Å². The van der Waals surface area contributed by atoms with E-state index in [4.69, 9.17) is 10.8 Å². The monoisotopic (exact) mass is 362 g/mol. The lowest BCUT2D eigenvalue weighted by molar-refractivity contribution is -0.142. The fraction of sp³-hybridized carbons (Fsp3) is 0.692. The maximum Gasteiger partial charge on any atom is 0.327 e. The van der Waals surface area contributed by atoms with Crippen LogP contribution in [-0.2, 0) is 19.2 Å². The predicted octanol–water partition coefficient (Wildman–Crippen LogP) is -3.09. The number of aliphatic hydroxyl groups is 1. The maximum absolute atomic E-state index is 12.3. The molecule has 10 nitrogen and oxygen atoms in total. The van der Waals surface area contributed by atoms with Crippen LogP contribution in [0.25, 0.3) is 0 Å². The average Bonchev–Trinajstić information content (AvgIpc) is 3.05. The molecule has 0 radical (unpaired) electrons. The van der Waals surface area contributed by atoms with Gasteiger partial charge in [0.1, 0.15) is 18.1 Å². The normalized spacial score (nSPS) is 19.5. The number of hydrogen-bond acceptors (Lipinski definition) is 7. The van der Waals surface area contributed by atoms with E-state index in [1.54, 1.807) is 0 Å². The lowest BCUT2D eigenvalue weighted by Gasteiger charge is -2.25. The summed E-state index contributed by atoms with van der Waals surface area (Å²) in [5.41, 5.74) is 5.30. The number of aliphatic hydroxyl groups excluding tert-OH is 1. The largest absolute Gasteiger partial charge is 0.480 e. The van der Waals surface area contributed by atoms with E-state index < -0.39 is 42.5 Å². The summed E-state index contributed by atoms with van der Waals surface area (Å²) in [5, 5.41) is 22.7. The molecule has 11 heteroatoms. The van der Waals surface area contributed by atoms with Crippen LogP contribution >= 0.6 is 12.6 Å². The molecule has 3 atom stereocenters. The molecule has 24 heavy (non-hydrogen) atoms. The molecular formula is C13H22N4O6S. The zero-order chi connectivity index (χ0) is 18.3. The second kappa shape index (κ2) is 9.45. The van der Waals surface area contributed by atoms with Gasteiger partial charge in [0, 0.05) is 12.3 Å². The number of rotatable bonds is 8. The van der Waals surface area contributed by atoms with Crippen LogP contribution in [0.3, 0.4) is 0 Å². The highest BCUT2D eigenvalue weighted by Crippen LogP contribution is 2.17. The van der Waals surface area contributed by atoms with Crippen LogP contribution < -0.4 is 16.4 Å². The molecule has 0 aromatic heterocycles. The van der Waals surface area contributed by atoms with Gasteiger partial charge in [-0.05, 0) is 12.8 Å². The van der Waals surface area contributed by atoms with Crippen LogP contribution in [0.15, 0.2) is 0 Å². The number of amides is 3. The van der Waals surface area contributed by atoms with Crippen LogP contribution in [0.4, 0.5) is 0 Å². The third kappa shape index (κ3) is 5.08. The van der Waals surface area contributed by atoms with Crippen molar-refractivity contribution in [2.45, 2.75) is 31.0 Å². The van der Waals surface area contributed by atoms with Gasteiger partial charge >= 0.3 is 5.97 Å². The van der Waals surface area contributed by atoms with Crippen LogP contribution in [0.5, 0.6) is 0 Å². The molecule has 3 unspecified atom stereocenters. The molecule has 0 saturated carbocycles. The molecule has 3 amide bonds. The first-order valence-electron chi connectivity index (χ1n) is 7.40. The van der Waals surface area contributed by atoms with Crippen molar-refractivity contribution in [1.82, 2.24) is 15.5 Å². The Kier molecular flexibility index (Phi) is 7.95. The first-order chi connectivity index (χ1) is 11.3. The number of nitrogens with two attached hydrogens (primary N) is 1. The molecule has 0 aromatic carbocycles. The highest BCUT2D eigenvalue weighted by molar-refractivity contribution is 7.80. The number of carbonyl (C=O) groups excluding carboxylic acids is 3. The van der Waals surface area contributed by atoms with Crippen molar-refractivity contribution in [2.75, 3.05) is 25.4 Å². The third-order valence-electron chi connectivity index (χ3n) is 3.66. The van der Waals surface area contributed by atoms with E-state index in [2.05, 4.69) is 23.3 Å². The highest BCUT2D eigenvalue weighted by atomic mass is 32.1. The SMILES string of the molecule is NCC(=O)N1CCCC1C(=O)NC(CO)C(=O)NC(CS)C(=O)O. The second-order valence-corrected chi connectivity index (χ2v) is 5.64. The average molecular weight is 362 g/mol. The van der Waals surface area contributed by atoms with Crippen LogP contribution in [0.1, 0.15) is 12.8 Å². The Bertz CT molecular complexity index is 503. The minimum absolute atomic E-state index is 0.144. The minimum atomic E-state index is -1.32. The summed E-state index contributed by atoms with van der Waals surface area (Å²) in [6.07, 6.45) is 1.05. The third-order valence-corrected chi connectivity index (χ3v) is 4.03. The number of nitrogens with one attached hydrogen (secondary N) is 2. The van der Waals surface area contributed by atoms with E-state index in [-0.39, 0.29) is 18.2 Å². The lowest BCUT2D eigenvalue weighted by Crippen LogP contribution is -2.57. The Morgan fingerprint density at radius 1 is 1.25 bits per heavy atom. The van der Waals surface area contributed by atoms with Crippen molar-refractivity contribution in [2.24, 2.45) is 5.73 Å². The van der Waals surface area contributed by atoms with Gasteiger partial charge in [-0.2, -0.15) is 12.6 Å². The van der Waals surface area contributed by atoms with Crippen LogP contribution in [0, 0.1) is 0 Å². The fourth-order valence-corrected chi connectivity index (χ4v) is 2.62. The number of thiol groups is 1. The summed E-state index contributed by atoms with van der Waals surface area (Å²) in [4.78, 5) is 48.2. The van der Waals surface area contributed by atoms with E-state index in [1.807, 2.05) is 0 Å². The number of carboxylic acid groups (broad SMARTS) is 1. The summed E-state index contributed by atoms with van der Waals surface area (Å²) in [7, 11) is 0. The molecule has 1 rings (SSSR count). The standard InChI is InChI=1S/C13H22N4O6S/c14-4-10(19)17-3-1-2-9(17)12(21)15-7(5-18)11(20)16-8(6-24)13(22)23/h7-9,18,24H,1-6,14H2,(H,15,21)(H,16,20)(H,22,23). The van der Waals surface area contributed by atoms with Gasteiger partial charge in [0.05, 0.1) is 13.2 Å². The molecular weight excluding hydrogens is 340 g/mol. The number of likely N-dealkylation sites (tertiary alicyclic amines) is 1. The van der Waals surface area contributed by atoms with Gasteiger partial charge in [0.25, 0.3) is 0 Å². The van der Waals surface area contributed by atoms with E-state index in [0.29, 0.717) is 19.4 Å². The van der Waals surface area contributed by atoms with Crippen molar-refractivity contribution in [3.63, 3.8) is 0 Å². The van der Waals surface area contributed by atoms with Gasteiger partial charge in [-0.1, -0.05) is 0 Å². The first kappa shape index (κ1) is 20.2. The second-order valence-electron chi connectivity index (χ2n) is 5.28. The van der Waals surface area contributed by atoms with E-state index in [9.17, 15) is 24.3 Å².